The van der Waals surface area contributed by atoms with Gasteiger partial charge in [-0.25, -0.2) is 0 Å². The van der Waals surface area contributed by atoms with Crippen LogP contribution >= 0.6 is 11.3 Å². The molecule has 1 rings (SSSR count). The van der Waals surface area contributed by atoms with E-state index in [4.69, 9.17) is 10.9 Å². The molecule has 1 aromatic heterocycles. The summed E-state index contributed by atoms with van der Waals surface area (Å²) in [4.78, 5) is 2.73. The topological polar surface area (TPSA) is 70.6 Å². The minimum atomic E-state index is 0.211. The van der Waals surface area contributed by atoms with Crippen molar-refractivity contribution < 1.29 is 5.21 Å². The average molecular weight is 241 g/mol. The first-order chi connectivity index (χ1) is 7.65. The predicted molar refractivity (Wildman–Crippen MR) is 68.0 cm³/mol. The van der Waals surface area contributed by atoms with Crippen LogP contribution in [0.15, 0.2) is 17.3 Å². The zero-order valence-corrected chi connectivity index (χ0v) is 10.5. The molecule has 4 nitrogen and oxygen atoms in total. The number of nitrogens with two attached hydrogens (primary N) is 1. The van der Waals surface area contributed by atoms with E-state index >= 15 is 0 Å². The van der Waals surface area contributed by atoms with E-state index in [2.05, 4.69) is 29.5 Å². The molecule has 0 saturated carbocycles. The average Bonchev–Trinajstić information content (AvgIpc) is 2.74. The summed E-state index contributed by atoms with van der Waals surface area (Å²) >= 11 is 1.83. The number of aryl methyl sites for hydroxylation is 1. The Balaban J connectivity index is 2.33. The maximum Gasteiger partial charge on any atom is 0.140 e. The quantitative estimate of drug-likeness (QED) is 0.308. The highest BCUT2D eigenvalue weighted by Gasteiger charge is 2.05. The first kappa shape index (κ1) is 13.0. The number of oxime groups is 1. The zero-order valence-electron chi connectivity index (χ0n) is 9.73. The van der Waals surface area contributed by atoms with Gasteiger partial charge >= 0.3 is 0 Å². The molecule has 0 bridgehead atoms. The Labute approximate surface area is 100 Å². The molecule has 90 valence electrons. The van der Waals surface area contributed by atoms with Crippen LogP contribution in [0.2, 0.25) is 0 Å². The number of rotatable bonds is 6. The van der Waals surface area contributed by atoms with Crippen LogP contribution < -0.4 is 11.1 Å². The second-order valence-corrected chi connectivity index (χ2v) is 5.05. The monoisotopic (exact) mass is 241 g/mol. The molecule has 1 atom stereocenters. The molecule has 0 amide bonds. The number of nitrogens with zero attached hydrogens (tertiary/aromatic N) is 1. The molecule has 4 N–H and O–H groups in total. The number of hydrogen-bond donors (Lipinski definition) is 3. The van der Waals surface area contributed by atoms with E-state index in [0.29, 0.717) is 6.42 Å². The van der Waals surface area contributed by atoms with Crippen molar-refractivity contribution in [2.45, 2.75) is 39.3 Å². The molecule has 1 unspecified atom stereocenters. The van der Waals surface area contributed by atoms with E-state index in [1.807, 2.05) is 18.3 Å². The van der Waals surface area contributed by atoms with Crippen LogP contribution in [0, 0.1) is 0 Å². The van der Waals surface area contributed by atoms with Crippen molar-refractivity contribution in [1.82, 2.24) is 5.32 Å². The fourth-order valence-corrected chi connectivity index (χ4v) is 2.32. The third kappa shape index (κ3) is 4.20. The molecule has 1 heterocycles. The summed E-state index contributed by atoms with van der Waals surface area (Å²) < 4.78 is 0. The zero-order chi connectivity index (χ0) is 12.0. The molecule has 0 aliphatic carbocycles. The third-order valence-corrected chi connectivity index (χ3v) is 3.56. The largest absolute Gasteiger partial charge is 0.409 e. The Bertz CT molecular complexity index is 349. The van der Waals surface area contributed by atoms with Crippen molar-refractivity contribution in [2.24, 2.45) is 10.9 Å². The van der Waals surface area contributed by atoms with Gasteiger partial charge in [0.1, 0.15) is 5.84 Å². The summed E-state index contributed by atoms with van der Waals surface area (Å²) in [5, 5.41) is 14.7. The maximum atomic E-state index is 8.44. The van der Waals surface area contributed by atoms with Crippen LogP contribution in [0.5, 0.6) is 0 Å². The minimum Gasteiger partial charge on any atom is -0.409 e. The second-order valence-electron chi connectivity index (χ2n) is 3.80. The van der Waals surface area contributed by atoms with E-state index < -0.39 is 0 Å². The lowest BCUT2D eigenvalue weighted by Gasteiger charge is -2.11. The Hall–Kier alpha value is -1.07. The van der Waals surface area contributed by atoms with Crippen molar-refractivity contribution >= 4 is 17.2 Å². The molecule has 1 aromatic rings. The first-order valence-corrected chi connectivity index (χ1v) is 6.24. The van der Waals surface area contributed by atoms with Gasteiger partial charge in [0.25, 0.3) is 0 Å². The van der Waals surface area contributed by atoms with Crippen LogP contribution in [0.25, 0.3) is 0 Å². The molecule has 0 radical (unpaired) electrons. The van der Waals surface area contributed by atoms with Crippen LogP contribution in [0.3, 0.4) is 0 Å². The minimum absolute atomic E-state index is 0.211. The molecule has 5 heteroatoms. The van der Waals surface area contributed by atoms with Gasteiger partial charge in [-0.15, -0.1) is 11.3 Å². The molecular weight excluding hydrogens is 222 g/mol. The highest BCUT2D eigenvalue weighted by Crippen LogP contribution is 2.16. The molecule has 16 heavy (non-hydrogen) atoms. The number of hydrogen-bond acceptors (Lipinski definition) is 4. The van der Waals surface area contributed by atoms with E-state index in [1.54, 1.807) is 0 Å². The SMILES string of the molecule is CCc1ccc(CNC(C)C/C(N)=N/O)s1. The summed E-state index contributed by atoms with van der Waals surface area (Å²) in [6, 6.07) is 4.52. The van der Waals surface area contributed by atoms with Gasteiger partial charge < -0.3 is 16.3 Å². The fourth-order valence-electron chi connectivity index (χ4n) is 1.41. The van der Waals surface area contributed by atoms with Crippen LogP contribution in [0.1, 0.15) is 30.0 Å². The third-order valence-electron chi connectivity index (χ3n) is 2.33. The van der Waals surface area contributed by atoms with Gasteiger partial charge in [-0.3, -0.25) is 0 Å². The summed E-state index contributed by atoms with van der Waals surface area (Å²) in [6.07, 6.45) is 1.65. The lowest BCUT2D eigenvalue weighted by Crippen LogP contribution is -2.30. The first-order valence-electron chi connectivity index (χ1n) is 5.43. The van der Waals surface area contributed by atoms with Gasteiger partial charge in [0.2, 0.25) is 0 Å². The second kappa shape index (κ2) is 6.50. The van der Waals surface area contributed by atoms with Crippen molar-refractivity contribution in [1.29, 1.82) is 0 Å². The highest BCUT2D eigenvalue weighted by atomic mass is 32.1. The molecule has 0 spiro atoms. The van der Waals surface area contributed by atoms with Gasteiger partial charge in [-0.1, -0.05) is 12.1 Å². The summed E-state index contributed by atoms with van der Waals surface area (Å²) in [5.74, 6) is 0.264. The summed E-state index contributed by atoms with van der Waals surface area (Å²) in [5.41, 5.74) is 5.43. The van der Waals surface area contributed by atoms with Crippen molar-refractivity contribution in [3.63, 3.8) is 0 Å². The normalized spacial score (nSPS) is 14.0. The van der Waals surface area contributed by atoms with Crippen LogP contribution in [-0.4, -0.2) is 17.1 Å². The lowest BCUT2D eigenvalue weighted by molar-refractivity contribution is 0.316. The smallest absolute Gasteiger partial charge is 0.140 e. The van der Waals surface area contributed by atoms with E-state index in [0.717, 1.165) is 13.0 Å². The Morgan fingerprint density at radius 3 is 2.81 bits per heavy atom. The fraction of sp³-hybridized carbons (Fsp3) is 0.545. The van der Waals surface area contributed by atoms with Crippen molar-refractivity contribution in [2.75, 3.05) is 0 Å². The van der Waals surface area contributed by atoms with Gasteiger partial charge in [0, 0.05) is 28.8 Å². The molecule has 0 aromatic carbocycles. The Morgan fingerprint density at radius 1 is 1.56 bits per heavy atom. The molecular formula is C11H19N3OS. The number of thiophene rings is 1. The van der Waals surface area contributed by atoms with Gasteiger partial charge in [-0.05, 0) is 25.5 Å². The number of amidine groups is 1. The molecule has 0 aliphatic heterocycles. The number of nitrogens with one attached hydrogen (secondary N) is 1. The predicted octanol–water partition coefficient (Wildman–Crippen LogP) is 1.93. The van der Waals surface area contributed by atoms with Crippen molar-refractivity contribution in [3.8, 4) is 0 Å². The maximum absolute atomic E-state index is 8.44. The molecule has 0 aliphatic rings. The highest BCUT2D eigenvalue weighted by molar-refractivity contribution is 7.11. The molecule has 0 saturated heterocycles. The van der Waals surface area contributed by atoms with Gasteiger partial charge in [-0.2, -0.15) is 0 Å². The summed E-state index contributed by atoms with van der Waals surface area (Å²) in [7, 11) is 0. The summed E-state index contributed by atoms with van der Waals surface area (Å²) in [6.45, 7) is 5.01. The van der Waals surface area contributed by atoms with Crippen molar-refractivity contribution in [3.05, 3.63) is 21.9 Å². The van der Waals surface area contributed by atoms with Crippen LogP contribution in [-0.2, 0) is 13.0 Å². The Kier molecular flexibility index (Phi) is 5.28. The van der Waals surface area contributed by atoms with E-state index in [-0.39, 0.29) is 11.9 Å². The van der Waals surface area contributed by atoms with Gasteiger partial charge in [0.15, 0.2) is 0 Å². The lowest BCUT2D eigenvalue weighted by atomic mass is 10.2. The Morgan fingerprint density at radius 2 is 2.25 bits per heavy atom. The van der Waals surface area contributed by atoms with E-state index in [9.17, 15) is 0 Å². The van der Waals surface area contributed by atoms with E-state index in [1.165, 1.54) is 9.75 Å². The molecule has 0 fully saturated rings. The van der Waals surface area contributed by atoms with Crippen LogP contribution in [0.4, 0.5) is 0 Å². The van der Waals surface area contributed by atoms with Gasteiger partial charge in [0.05, 0.1) is 0 Å². The standard InChI is InChI=1S/C11H19N3OS/c1-3-9-4-5-10(16-9)7-13-8(2)6-11(12)14-15/h4-5,8,13,15H,3,6-7H2,1-2H3,(H2,12,14).